The van der Waals surface area contributed by atoms with Crippen molar-refractivity contribution in [3.8, 4) is 0 Å². The van der Waals surface area contributed by atoms with E-state index in [1.165, 1.54) is 37.6 Å². The number of benzene rings is 5. The quantitative estimate of drug-likeness (QED) is 0.0811. The second-order valence-electron chi connectivity index (χ2n) is 11.9. The standard InChI is InChI=1S/C28H28N2S2Si.C13H13B/c31-20-4-6-24-10-14-27(15-11-24)33(23-30-19-18-29-22-30,26-8-2-1-3-9-26)28-16-12-25(13-17-28)7-5-21-32;1-14(12-8-4-2-5-9-12)13-10-6-3-7-11-13/h1-3,8-22H,4-7,23H2;2-11H,1H3. The van der Waals surface area contributed by atoms with Crippen LogP contribution < -0.4 is 26.5 Å². The number of nitrogens with zero attached hydrogens (tertiary/aromatic N) is 2. The fraction of sp³-hybridized carbons (Fsp3) is 0.146. The average Bonchev–Trinajstić information content (AvgIpc) is 3.67. The molecule has 2 nitrogen and oxygen atoms in total. The summed E-state index contributed by atoms with van der Waals surface area (Å²) in [5.41, 5.74) is 5.40. The first-order valence-corrected chi connectivity index (χ1v) is 19.5. The Bertz CT molecular complexity index is 1680. The maximum atomic E-state index is 5.03. The van der Waals surface area contributed by atoms with E-state index in [0.717, 1.165) is 31.9 Å². The van der Waals surface area contributed by atoms with Gasteiger partial charge in [0.15, 0.2) is 8.07 Å². The molecule has 0 aliphatic heterocycles. The number of hydrogen-bond donors (Lipinski definition) is 0. The third-order valence-electron chi connectivity index (χ3n) is 8.84. The van der Waals surface area contributed by atoms with E-state index >= 15 is 0 Å². The Balaban J connectivity index is 0.000000257. The first kappa shape index (κ1) is 34.1. The summed E-state index contributed by atoms with van der Waals surface area (Å²) in [5.74, 6) is 0. The second-order valence-corrected chi connectivity index (χ2v) is 16.4. The van der Waals surface area contributed by atoms with Crippen LogP contribution in [0.5, 0.6) is 0 Å². The van der Waals surface area contributed by atoms with Crippen LogP contribution in [-0.4, -0.2) is 35.1 Å². The largest absolute Gasteiger partial charge is 0.339 e. The van der Waals surface area contributed by atoms with Crippen LogP contribution in [0, 0.1) is 0 Å². The molecule has 1 aromatic heterocycles. The Morgan fingerprint density at radius 2 is 1.02 bits per heavy atom. The van der Waals surface area contributed by atoms with E-state index in [2.05, 4.69) is 162 Å². The smallest absolute Gasteiger partial charge is 0.206 e. The molecular formula is C41H41BN2S2Si. The Morgan fingerprint density at radius 3 is 1.43 bits per heavy atom. The highest BCUT2D eigenvalue weighted by molar-refractivity contribution is 7.79. The molecule has 0 N–H and O–H groups in total. The summed E-state index contributed by atoms with van der Waals surface area (Å²) in [6, 6.07) is 50.7. The number of imidazole rings is 1. The Hall–Kier alpha value is -4.23. The van der Waals surface area contributed by atoms with Gasteiger partial charge in [-0.1, -0.05) is 182 Å². The Morgan fingerprint density at radius 1 is 0.596 bits per heavy atom. The van der Waals surface area contributed by atoms with Gasteiger partial charge in [0.1, 0.15) is 0 Å². The van der Waals surface area contributed by atoms with Gasteiger partial charge in [0, 0.05) is 18.6 Å². The summed E-state index contributed by atoms with van der Waals surface area (Å²) in [7, 11) is -2.37. The lowest BCUT2D eigenvalue weighted by Gasteiger charge is -2.34. The van der Waals surface area contributed by atoms with E-state index in [4.69, 9.17) is 24.4 Å². The molecular weight excluding hydrogens is 623 g/mol. The van der Waals surface area contributed by atoms with Crippen molar-refractivity contribution in [1.82, 2.24) is 9.55 Å². The van der Waals surface area contributed by atoms with Gasteiger partial charge in [0.25, 0.3) is 0 Å². The summed E-state index contributed by atoms with van der Waals surface area (Å²) in [5, 5.41) is 7.85. The van der Waals surface area contributed by atoms with Crippen LogP contribution in [0.3, 0.4) is 0 Å². The van der Waals surface area contributed by atoms with Crippen molar-refractivity contribution in [2.75, 3.05) is 0 Å². The number of hydrogen-bond acceptors (Lipinski definition) is 3. The topological polar surface area (TPSA) is 17.8 Å². The number of aromatic nitrogens is 2. The minimum Gasteiger partial charge on any atom is -0.339 e. The van der Waals surface area contributed by atoms with Gasteiger partial charge in [-0.05, 0) is 63.1 Å². The SMILES string of the molecule is CB(c1ccccc1)c1ccccc1.S=CCCc1ccc([Si](Cn2ccnc2)(c2ccccc2)c2ccc(CCC=S)cc2)cc1. The van der Waals surface area contributed by atoms with Gasteiger partial charge in [-0.15, -0.1) is 0 Å². The molecule has 47 heavy (non-hydrogen) atoms. The van der Waals surface area contributed by atoms with Gasteiger partial charge in [-0.3, -0.25) is 0 Å². The minimum absolute atomic E-state index is 0.484. The molecule has 0 spiro atoms. The predicted octanol–water partition coefficient (Wildman–Crippen LogP) is 6.38. The van der Waals surface area contributed by atoms with Crippen LogP contribution in [0.4, 0.5) is 0 Å². The zero-order chi connectivity index (χ0) is 32.7. The van der Waals surface area contributed by atoms with E-state index in [1.807, 2.05) is 23.3 Å². The molecule has 0 saturated heterocycles. The van der Waals surface area contributed by atoms with E-state index in [-0.39, 0.29) is 0 Å². The summed E-state index contributed by atoms with van der Waals surface area (Å²) >= 11 is 10.1. The molecule has 0 bridgehead atoms. The average molecular weight is 665 g/mol. The van der Waals surface area contributed by atoms with E-state index < -0.39 is 8.07 Å². The van der Waals surface area contributed by atoms with Gasteiger partial charge >= 0.3 is 0 Å². The molecule has 5 aromatic carbocycles. The molecule has 0 aliphatic rings. The van der Waals surface area contributed by atoms with Crippen LogP contribution in [0.2, 0.25) is 6.82 Å². The molecule has 0 aliphatic carbocycles. The van der Waals surface area contributed by atoms with Gasteiger partial charge in [0.05, 0.1) is 6.33 Å². The lowest BCUT2D eigenvalue weighted by Crippen LogP contribution is -2.69. The maximum Gasteiger partial charge on any atom is 0.206 e. The van der Waals surface area contributed by atoms with Crippen LogP contribution in [-0.2, 0) is 19.0 Å². The highest BCUT2D eigenvalue weighted by atomic mass is 32.1. The lowest BCUT2D eigenvalue weighted by atomic mass is 9.43. The van der Waals surface area contributed by atoms with Crippen molar-refractivity contribution in [2.45, 2.75) is 38.7 Å². The van der Waals surface area contributed by atoms with E-state index in [9.17, 15) is 0 Å². The zero-order valence-electron chi connectivity index (χ0n) is 27.0. The molecule has 0 atom stereocenters. The molecule has 6 aromatic rings. The Labute approximate surface area is 292 Å². The van der Waals surface area contributed by atoms with Crippen LogP contribution in [0.25, 0.3) is 0 Å². The van der Waals surface area contributed by atoms with Crippen LogP contribution in [0.15, 0.2) is 158 Å². The first-order valence-electron chi connectivity index (χ1n) is 16.3. The molecule has 1 heterocycles. The summed E-state index contributed by atoms with van der Waals surface area (Å²) in [6.45, 7) is 2.72. The summed E-state index contributed by atoms with van der Waals surface area (Å²) in [6.07, 6.45) is 10.6. The molecule has 0 unspecified atom stereocenters. The van der Waals surface area contributed by atoms with E-state index in [0.29, 0.717) is 6.71 Å². The van der Waals surface area contributed by atoms with Gasteiger partial charge in [0.2, 0.25) is 6.71 Å². The first-order chi connectivity index (χ1) is 23.1. The maximum absolute atomic E-state index is 5.03. The minimum atomic E-state index is -2.37. The van der Waals surface area contributed by atoms with Gasteiger partial charge < -0.3 is 4.57 Å². The molecule has 0 fully saturated rings. The van der Waals surface area contributed by atoms with E-state index in [1.54, 1.807) is 0 Å². The van der Waals surface area contributed by atoms with Crippen molar-refractivity contribution in [1.29, 1.82) is 0 Å². The Kier molecular flexibility index (Phi) is 12.8. The third-order valence-corrected chi connectivity index (χ3v) is 14.1. The second kappa shape index (κ2) is 17.6. The number of thiocarbonyl (C=S) groups is 2. The monoisotopic (exact) mass is 664 g/mol. The van der Waals surface area contributed by atoms with Crippen LogP contribution in [0.1, 0.15) is 24.0 Å². The van der Waals surface area contributed by atoms with Crippen molar-refractivity contribution >= 4 is 76.4 Å². The highest BCUT2D eigenvalue weighted by Crippen LogP contribution is 2.14. The predicted molar refractivity (Wildman–Crippen MR) is 214 cm³/mol. The van der Waals surface area contributed by atoms with Gasteiger partial charge in [-0.2, -0.15) is 0 Å². The van der Waals surface area contributed by atoms with Crippen molar-refractivity contribution < 1.29 is 0 Å². The van der Waals surface area contributed by atoms with Crippen molar-refractivity contribution in [3.05, 3.63) is 169 Å². The molecule has 6 heteroatoms. The van der Waals surface area contributed by atoms with Crippen LogP contribution >= 0.6 is 24.4 Å². The van der Waals surface area contributed by atoms with Crippen molar-refractivity contribution in [3.63, 3.8) is 0 Å². The fourth-order valence-corrected chi connectivity index (χ4v) is 10.9. The fourth-order valence-electron chi connectivity index (χ4n) is 6.19. The lowest BCUT2D eigenvalue weighted by molar-refractivity contribution is 0.862. The van der Waals surface area contributed by atoms with Gasteiger partial charge in [-0.25, -0.2) is 4.98 Å². The molecule has 234 valence electrons. The number of aryl methyl sites for hydroxylation is 2. The van der Waals surface area contributed by atoms with Crippen molar-refractivity contribution in [2.24, 2.45) is 0 Å². The summed E-state index contributed by atoms with van der Waals surface area (Å²) in [4.78, 5) is 4.34. The molecule has 0 radical (unpaired) electrons. The zero-order valence-corrected chi connectivity index (χ0v) is 29.6. The molecule has 0 saturated carbocycles. The highest BCUT2D eigenvalue weighted by Gasteiger charge is 2.39. The third kappa shape index (κ3) is 8.98. The molecule has 6 rings (SSSR count). The summed E-state index contributed by atoms with van der Waals surface area (Å²) < 4.78 is 2.24. The normalized spacial score (nSPS) is 10.8. The molecule has 0 amide bonds. The number of rotatable bonds is 13.